The third-order valence-corrected chi connectivity index (χ3v) is 4.41. The average Bonchev–Trinajstić information content (AvgIpc) is 2.68. The number of aromatic nitrogens is 1. The van der Waals surface area contributed by atoms with E-state index in [0.29, 0.717) is 17.0 Å². The summed E-state index contributed by atoms with van der Waals surface area (Å²) in [4.78, 5) is 28.6. The van der Waals surface area contributed by atoms with Gasteiger partial charge in [0.1, 0.15) is 5.75 Å². The van der Waals surface area contributed by atoms with E-state index in [4.69, 9.17) is 4.74 Å². The first-order valence-electron chi connectivity index (χ1n) is 8.75. The van der Waals surface area contributed by atoms with Crippen molar-refractivity contribution in [1.82, 2.24) is 10.4 Å². The molecule has 4 rings (SSSR count). The number of hydrogen-bond acceptors (Lipinski definition) is 5. The summed E-state index contributed by atoms with van der Waals surface area (Å²) in [6, 6.07) is 14.4. The summed E-state index contributed by atoms with van der Waals surface area (Å²) in [5.74, 6) is -0.128. The molecule has 0 saturated heterocycles. The number of hydrogen-bond donors (Lipinski definition) is 2. The zero-order valence-corrected chi connectivity index (χ0v) is 15.4. The standard InChI is InChI=1S/C21H18N4O3/c1-21(2)20(27)24-17-11-15(6-8-18(17)28-21)19(26)25-23-12-13-5-7-16-14(10-13)4-3-9-22-16/h3-12H,1-2H3,(H,24,27)(H,25,26)/b23-12-. The SMILES string of the molecule is CC1(C)Oc2ccc(C(=O)N/N=C\c3ccc4ncccc4c3)cc2NC1=O. The molecule has 0 bridgehead atoms. The van der Waals surface area contributed by atoms with Crippen LogP contribution in [0.5, 0.6) is 5.75 Å². The van der Waals surface area contributed by atoms with Gasteiger partial charge in [-0.2, -0.15) is 5.10 Å². The zero-order chi connectivity index (χ0) is 19.7. The summed E-state index contributed by atoms with van der Waals surface area (Å²) < 4.78 is 5.66. The van der Waals surface area contributed by atoms with E-state index in [2.05, 4.69) is 20.8 Å². The van der Waals surface area contributed by atoms with Gasteiger partial charge in [-0.1, -0.05) is 12.1 Å². The van der Waals surface area contributed by atoms with Crippen LogP contribution in [-0.2, 0) is 4.79 Å². The van der Waals surface area contributed by atoms with E-state index < -0.39 is 5.60 Å². The summed E-state index contributed by atoms with van der Waals surface area (Å²) in [7, 11) is 0. The molecule has 3 aromatic rings. The van der Waals surface area contributed by atoms with Crippen LogP contribution >= 0.6 is 0 Å². The van der Waals surface area contributed by atoms with Crippen molar-refractivity contribution in [3.8, 4) is 5.75 Å². The number of nitrogens with one attached hydrogen (secondary N) is 2. The van der Waals surface area contributed by atoms with Crippen LogP contribution in [0.4, 0.5) is 5.69 Å². The summed E-state index contributed by atoms with van der Waals surface area (Å²) in [5, 5.41) is 7.76. The first-order valence-corrected chi connectivity index (χ1v) is 8.75. The molecule has 0 spiro atoms. The van der Waals surface area contributed by atoms with Gasteiger partial charge in [-0.3, -0.25) is 14.6 Å². The normalized spacial score (nSPS) is 15.0. The highest BCUT2D eigenvalue weighted by molar-refractivity contribution is 6.02. The molecule has 2 aromatic carbocycles. The van der Waals surface area contributed by atoms with Crippen molar-refractivity contribution < 1.29 is 14.3 Å². The predicted molar refractivity (Wildman–Crippen MR) is 107 cm³/mol. The van der Waals surface area contributed by atoms with Gasteiger partial charge in [-0.05, 0) is 55.8 Å². The molecule has 7 heteroatoms. The van der Waals surface area contributed by atoms with Gasteiger partial charge >= 0.3 is 0 Å². The van der Waals surface area contributed by atoms with Crippen LogP contribution in [0, 0.1) is 0 Å². The molecule has 1 aliphatic heterocycles. The van der Waals surface area contributed by atoms with Gasteiger partial charge < -0.3 is 10.1 Å². The summed E-state index contributed by atoms with van der Waals surface area (Å²) in [6.45, 7) is 3.37. The van der Waals surface area contributed by atoms with Crippen molar-refractivity contribution in [1.29, 1.82) is 0 Å². The highest BCUT2D eigenvalue weighted by atomic mass is 16.5. The lowest BCUT2D eigenvalue weighted by molar-refractivity contribution is -0.129. The number of ether oxygens (including phenoxy) is 1. The minimum atomic E-state index is -0.948. The maximum atomic E-state index is 12.4. The van der Waals surface area contributed by atoms with Crippen molar-refractivity contribution in [3.63, 3.8) is 0 Å². The Bertz CT molecular complexity index is 1120. The van der Waals surface area contributed by atoms with Gasteiger partial charge in [-0.15, -0.1) is 0 Å². The molecule has 0 saturated carbocycles. The smallest absolute Gasteiger partial charge is 0.271 e. The molecule has 0 aliphatic carbocycles. The van der Waals surface area contributed by atoms with Gasteiger partial charge in [0.25, 0.3) is 11.8 Å². The molecule has 0 radical (unpaired) electrons. The van der Waals surface area contributed by atoms with Gasteiger partial charge in [-0.25, -0.2) is 5.43 Å². The fourth-order valence-corrected chi connectivity index (χ4v) is 2.86. The molecule has 0 unspecified atom stereocenters. The molecule has 28 heavy (non-hydrogen) atoms. The lowest BCUT2D eigenvalue weighted by Crippen LogP contribution is -2.45. The number of fused-ring (bicyclic) bond motifs is 2. The molecule has 1 aromatic heterocycles. The second-order valence-electron chi connectivity index (χ2n) is 6.93. The van der Waals surface area contributed by atoms with Crippen molar-refractivity contribution in [2.24, 2.45) is 5.10 Å². The quantitative estimate of drug-likeness (QED) is 0.544. The van der Waals surface area contributed by atoms with E-state index in [-0.39, 0.29) is 11.8 Å². The maximum Gasteiger partial charge on any atom is 0.271 e. The highest BCUT2D eigenvalue weighted by Gasteiger charge is 2.35. The Morgan fingerprint density at radius 2 is 2.07 bits per heavy atom. The Kier molecular flexibility index (Phi) is 4.27. The number of anilines is 1. The second kappa shape index (κ2) is 6.77. The van der Waals surface area contributed by atoms with Crippen LogP contribution in [0.2, 0.25) is 0 Å². The molecule has 2 amide bonds. The minimum Gasteiger partial charge on any atom is -0.476 e. The van der Waals surface area contributed by atoms with Gasteiger partial charge in [0.2, 0.25) is 0 Å². The first-order chi connectivity index (χ1) is 13.4. The van der Waals surface area contributed by atoms with Crippen LogP contribution in [-0.4, -0.2) is 28.6 Å². The molecular formula is C21H18N4O3. The largest absolute Gasteiger partial charge is 0.476 e. The minimum absolute atomic E-state index is 0.263. The monoisotopic (exact) mass is 374 g/mol. The van der Waals surface area contributed by atoms with E-state index >= 15 is 0 Å². The molecule has 7 nitrogen and oxygen atoms in total. The van der Waals surface area contributed by atoms with E-state index in [9.17, 15) is 9.59 Å². The Hall–Kier alpha value is -3.74. The first kappa shape index (κ1) is 17.7. The third kappa shape index (κ3) is 3.42. The third-order valence-electron chi connectivity index (χ3n) is 4.41. The molecular weight excluding hydrogens is 356 g/mol. The van der Waals surface area contributed by atoms with Crippen molar-refractivity contribution in [2.45, 2.75) is 19.4 Å². The molecule has 1 aliphatic rings. The summed E-state index contributed by atoms with van der Waals surface area (Å²) in [5.41, 5.74) is 4.10. The van der Waals surface area contributed by atoms with Crippen LogP contribution in [0.1, 0.15) is 29.8 Å². The Labute approximate surface area is 161 Å². The topological polar surface area (TPSA) is 92.7 Å². The summed E-state index contributed by atoms with van der Waals surface area (Å²) in [6.07, 6.45) is 3.31. The molecule has 0 atom stereocenters. The Morgan fingerprint density at radius 3 is 2.93 bits per heavy atom. The van der Waals surface area contributed by atoms with Gasteiger partial charge in [0.15, 0.2) is 5.60 Å². The number of carbonyl (C=O) groups is 2. The number of rotatable bonds is 3. The summed E-state index contributed by atoms with van der Waals surface area (Å²) >= 11 is 0. The van der Waals surface area contributed by atoms with Crippen molar-refractivity contribution in [2.75, 3.05) is 5.32 Å². The van der Waals surface area contributed by atoms with E-state index in [1.807, 2.05) is 30.3 Å². The number of carbonyl (C=O) groups excluding carboxylic acids is 2. The van der Waals surface area contributed by atoms with E-state index in [1.54, 1.807) is 44.5 Å². The lowest BCUT2D eigenvalue weighted by Gasteiger charge is -2.31. The Balaban J connectivity index is 1.47. The average molecular weight is 374 g/mol. The number of hydrazone groups is 1. The molecule has 2 N–H and O–H groups in total. The Morgan fingerprint density at radius 1 is 1.21 bits per heavy atom. The van der Waals surface area contributed by atoms with E-state index in [0.717, 1.165) is 16.5 Å². The van der Waals surface area contributed by atoms with E-state index in [1.165, 1.54) is 0 Å². The zero-order valence-electron chi connectivity index (χ0n) is 15.4. The fourth-order valence-electron chi connectivity index (χ4n) is 2.86. The van der Waals surface area contributed by atoms with Crippen LogP contribution in [0.3, 0.4) is 0 Å². The van der Waals surface area contributed by atoms with Gasteiger partial charge in [0.05, 0.1) is 17.4 Å². The molecule has 2 heterocycles. The van der Waals surface area contributed by atoms with Crippen LogP contribution < -0.4 is 15.5 Å². The number of nitrogens with zero attached hydrogens (tertiary/aromatic N) is 2. The van der Waals surface area contributed by atoms with Crippen molar-refractivity contribution >= 4 is 34.6 Å². The number of pyridine rings is 1. The maximum absolute atomic E-state index is 12.4. The van der Waals surface area contributed by atoms with Gasteiger partial charge in [0, 0.05) is 17.1 Å². The van der Waals surface area contributed by atoms with Crippen molar-refractivity contribution in [3.05, 3.63) is 65.9 Å². The highest BCUT2D eigenvalue weighted by Crippen LogP contribution is 2.34. The fraction of sp³-hybridized carbons (Fsp3) is 0.143. The molecule has 0 fully saturated rings. The van der Waals surface area contributed by atoms with Crippen LogP contribution in [0.15, 0.2) is 59.8 Å². The number of benzene rings is 2. The second-order valence-corrected chi connectivity index (χ2v) is 6.93. The molecule has 140 valence electrons. The lowest BCUT2D eigenvalue weighted by atomic mass is 10.0. The van der Waals surface area contributed by atoms with Crippen LogP contribution in [0.25, 0.3) is 10.9 Å². The number of amides is 2. The predicted octanol–water partition coefficient (Wildman–Crippen LogP) is 3.11.